The van der Waals surface area contributed by atoms with E-state index in [4.69, 9.17) is 19.3 Å². The summed E-state index contributed by atoms with van der Waals surface area (Å²) in [5, 5.41) is 8.61. The number of carboxylic acids is 1. The average molecular weight is 232 g/mol. The lowest BCUT2D eigenvalue weighted by atomic mass is 9.99. The van der Waals surface area contributed by atoms with E-state index in [2.05, 4.69) is 0 Å². The molecular weight excluding hydrogens is 212 g/mol. The minimum absolute atomic E-state index is 0.112. The van der Waals surface area contributed by atoms with Gasteiger partial charge in [0, 0.05) is 13.2 Å². The Morgan fingerprint density at radius 1 is 1.38 bits per heavy atom. The van der Waals surface area contributed by atoms with E-state index < -0.39 is 11.6 Å². The van der Waals surface area contributed by atoms with Gasteiger partial charge in [-0.15, -0.1) is 0 Å². The van der Waals surface area contributed by atoms with Crippen molar-refractivity contribution in [2.45, 2.75) is 26.4 Å². The van der Waals surface area contributed by atoms with Crippen LogP contribution in [0.3, 0.4) is 0 Å². The van der Waals surface area contributed by atoms with Gasteiger partial charge in [-0.05, 0) is 26.3 Å². The van der Waals surface area contributed by atoms with Crippen LogP contribution in [0, 0.1) is 0 Å². The van der Waals surface area contributed by atoms with E-state index in [1.54, 1.807) is 27.9 Å². The normalized spacial score (nSPS) is 12.9. The second-order valence-corrected chi connectivity index (χ2v) is 3.84. The van der Waals surface area contributed by atoms with Crippen molar-refractivity contribution in [1.82, 2.24) is 0 Å². The topological polar surface area (TPSA) is 65.0 Å². The molecule has 94 valence electrons. The molecule has 0 saturated heterocycles. The zero-order chi connectivity index (χ0) is 12.6. The minimum atomic E-state index is -0.977. The SMILES string of the molecule is COCCOCOC(C)(C)C(C)=CC(=O)O. The molecule has 0 spiro atoms. The Morgan fingerprint density at radius 2 is 2.00 bits per heavy atom. The number of rotatable bonds is 8. The van der Waals surface area contributed by atoms with Crippen molar-refractivity contribution in [3.05, 3.63) is 11.6 Å². The summed E-state index contributed by atoms with van der Waals surface area (Å²) in [4.78, 5) is 10.5. The summed E-state index contributed by atoms with van der Waals surface area (Å²) in [6.45, 7) is 6.37. The lowest BCUT2D eigenvalue weighted by Crippen LogP contribution is -2.28. The maximum Gasteiger partial charge on any atom is 0.328 e. The molecule has 1 N–H and O–H groups in total. The van der Waals surface area contributed by atoms with Crippen LogP contribution in [0.5, 0.6) is 0 Å². The third kappa shape index (κ3) is 6.55. The first-order chi connectivity index (χ1) is 7.40. The molecule has 5 nitrogen and oxygen atoms in total. The van der Waals surface area contributed by atoms with Crippen LogP contribution in [0.1, 0.15) is 20.8 Å². The Balaban J connectivity index is 3.99. The smallest absolute Gasteiger partial charge is 0.328 e. The summed E-state index contributed by atoms with van der Waals surface area (Å²) in [5.41, 5.74) is -0.0128. The number of carbonyl (C=O) groups is 1. The highest BCUT2D eigenvalue weighted by molar-refractivity contribution is 5.80. The minimum Gasteiger partial charge on any atom is -0.478 e. The van der Waals surface area contributed by atoms with Crippen LogP contribution in [0.15, 0.2) is 11.6 Å². The largest absolute Gasteiger partial charge is 0.478 e. The fraction of sp³-hybridized carbons (Fsp3) is 0.727. The molecule has 5 heteroatoms. The molecule has 0 rings (SSSR count). The standard InChI is InChI=1S/C11H20O5/c1-9(7-10(12)13)11(2,3)16-8-15-6-5-14-4/h7H,5-6,8H2,1-4H3,(H,12,13). The molecule has 0 bridgehead atoms. The maximum absolute atomic E-state index is 10.5. The lowest BCUT2D eigenvalue weighted by Gasteiger charge is -2.25. The van der Waals surface area contributed by atoms with Gasteiger partial charge < -0.3 is 19.3 Å². The van der Waals surface area contributed by atoms with Crippen molar-refractivity contribution in [2.75, 3.05) is 27.1 Å². The molecule has 0 heterocycles. The highest BCUT2D eigenvalue weighted by Crippen LogP contribution is 2.19. The van der Waals surface area contributed by atoms with Crippen LogP contribution in [-0.4, -0.2) is 43.8 Å². The molecule has 0 fully saturated rings. The van der Waals surface area contributed by atoms with Gasteiger partial charge in [0.15, 0.2) is 0 Å². The molecule has 0 aromatic heterocycles. The highest BCUT2D eigenvalue weighted by Gasteiger charge is 2.21. The third-order valence-corrected chi connectivity index (χ3v) is 2.22. The van der Waals surface area contributed by atoms with Crippen molar-refractivity contribution in [2.24, 2.45) is 0 Å². The molecule has 0 radical (unpaired) electrons. The van der Waals surface area contributed by atoms with Gasteiger partial charge in [0.25, 0.3) is 0 Å². The first kappa shape index (κ1) is 15.1. The molecule has 0 aromatic carbocycles. The van der Waals surface area contributed by atoms with Gasteiger partial charge >= 0.3 is 5.97 Å². The van der Waals surface area contributed by atoms with E-state index in [1.807, 2.05) is 0 Å². The Morgan fingerprint density at radius 3 is 2.50 bits per heavy atom. The van der Waals surface area contributed by atoms with Gasteiger partial charge in [-0.25, -0.2) is 4.79 Å². The van der Waals surface area contributed by atoms with Gasteiger partial charge in [-0.2, -0.15) is 0 Å². The van der Waals surface area contributed by atoms with E-state index in [1.165, 1.54) is 0 Å². The van der Waals surface area contributed by atoms with Gasteiger partial charge in [0.2, 0.25) is 0 Å². The van der Waals surface area contributed by atoms with Gasteiger partial charge in [0.1, 0.15) is 6.79 Å². The zero-order valence-electron chi connectivity index (χ0n) is 10.3. The van der Waals surface area contributed by atoms with Crippen LogP contribution in [0.2, 0.25) is 0 Å². The van der Waals surface area contributed by atoms with Crippen molar-refractivity contribution >= 4 is 5.97 Å². The van der Waals surface area contributed by atoms with Crippen LogP contribution >= 0.6 is 0 Å². The molecule has 0 atom stereocenters. The van der Waals surface area contributed by atoms with Crippen molar-refractivity contribution in [1.29, 1.82) is 0 Å². The number of aliphatic carboxylic acids is 1. The van der Waals surface area contributed by atoms with Crippen molar-refractivity contribution in [3.63, 3.8) is 0 Å². The van der Waals surface area contributed by atoms with E-state index in [0.717, 1.165) is 6.08 Å². The Labute approximate surface area is 96.0 Å². The van der Waals surface area contributed by atoms with Crippen LogP contribution in [-0.2, 0) is 19.0 Å². The van der Waals surface area contributed by atoms with Gasteiger partial charge in [-0.1, -0.05) is 0 Å². The quantitative estimate of drug-likeness (QED) is 0.389. The summed E-state index contributed by atoms with van der Waals surface area (Å²) >= 11 is 0. The molecule has 0 aliphatic carbocycles. The lowest BCUT2D eigenvalue weighted by molar-refractivity contribution is -0.132. The molecule has 0 unspecified atom stereocenters. The Bertz CT molecular complexity index is 245. The average Bonchev–Trinajstić information content (AvgIpc) is 2.16. The first-order valence-corrected chi connectivity index (χ1v) is 5.02. The predicted octanol–water partition coefficient (Wildman–Crippen LogP) is 1.43. The predicted molar refractivity (Wildman–Crippen MR) is 59.3 cm³/mol. The Kier molecular flexibility index (Phi) is 6.96. The molecule has 0 aliphatic rings. The zero-order valence-corrected chi connectivity index (χ0v) is 10.3. The summed E-state index contributed by atoms with van der Waals surface area (Å²) in [6, 6.07) is 0. The highest BCUT2D eigenvalue weighted by atomic mass is 16.7. The third-order valence-electron chi connectivity index (χ3n) is 2.22. The number of hydrogen-bond acceptors (Lipinski definition) is 4. The molecule has 0 saturated carbocycles. The second-order valence-electron chi connectivity index (χ2n) is 3.84. The van der Waals surface area contributed by atoms with E-state index >= 15 is 0 Å². The molecule has 0 aromatic rings. The fourth-order valence-corrected chi connectivity index (χ4v) is 0.863. The number of methoxy groups -OCH3 is 1. The van der Waals surface area contributed by atoms with Gasteiger partial charge in [0.05, 0.1) is 18.8 Å². The van der Waals surface area contributed by atoms with Crippen LogP contribution in [0.25, 0.3) is 0 Å². The van der Waals surface area contributed by atoms with Crippen LogP contribution in [0.4, 0.5) is 0 Å². The molecule has 0 aliphatic heterocycles. The molecular formula is C11H20O5. The number of carboxylic acid groups (broad SMARTS) is 1. The Hall–Kier alpha value is -0.910. The fourth-order valence-electron chi connectivity index (χ4n) is 0.863. The summed E-state index contributed by atoms with van der Waals surface area (Å²) in [6.07, 6.45) is 1.13. The monoisotopic (exact) mass is 232 g/mol. The van der Waals surface area contributed by atoms with E-state index in [9.17, 15) is 4.79 Å². The summed E-state index contributed by atoms with van der Waals surface area (Å²) < 4.78 is 15.4. The van der Waals surface area contributed by atoms with E-state index in [0.29, 0.717) is 18.8 Å². The van der Waals surface area contributed by atoms with Crippen molar-refractivity contribution in [3.8, 4) is 0 Å². The molecule has 0 amide bonds. The first-order valence-electron chi connectivity index (χ1n) is 5.02. The number of hydrogen-bond donors (Lipinski definition) is 1. The van der Waals surface area contributed by atoms with Crippen molar-refractivity contribution < 1.29 is 24.1 Å². The number of ether oxygens (including phenoxy) is 3. The molecule has 16 heavy (non-hydrogen) atoms. The van der Waals surface area contributed by atoms with Crippen LogP contribution < -0.4 is 0 Å². The second kappa shape index (κ2) is 7.38. The van der Waals surface area contributed by atoms with E-state index in [-0.39, 0.29) is 6.79 Å². The maximum atomic E-state index is 10.5. The summed E-state index contributed by atoms with van der Waals surface area (Å²) in [7, 11) is 1.59. The summed E-state index contributed by atoms with van der Waals surface area (Å²) in [5.74, 6) is -0.977. The van der Waals surface area contributed by atoms with Gasteiger partial charge in [-0.3, -0.25) is 0 Å².